The van der Waals surface area contributed by atoms with Crippen LogP contribution in [0, 0.1) is 0 Å². The van der Waals surface area contributed by atoms with Crippen molar-refractivity contribution < 1.29 is 9.26 Å². The summed E-state index contributed by atoms with van der Waals surface area (Å²) < 4.78 is 10.0. The lowest BCUT2D eigenvalue weighted by Gasteiger charge is -2.01. The summed E-state index contributed by atoms with van der Waals surface area (Å²) in [5, 5.41) is 4.99. The van der Waals surface area contributed by atoms with Gasteiger partial charge in [-0.05, 0) is 12.1 Å². The summed E-state index contributed by atoms with van der Waals surface area (Å²) in [6, 6.07) is 7.06. The summed E-state index contributed by atoms with van der Waals surface area (Å²) in [5.74, 6) is 0.633. The predicted molar refractivity (Wildman–Crippen MR) is 62.7 cm³/mol. The topological polar surface area (TPSA) is 35.3 Å². The van der Waals surface area contributed by atoms with Crippen LogP contribution in [0.15, 0.2) is 28.8 Å². The lowest BCUT2D eigenvalue weighted by Crippen LogP contribution is -1.82. The highest BCUT2D eigenvalue weighted by atomic mass is 35.5. The van der Waals surface area contributed by atoms with E-state index < -0.39 is 0 Å². The van der Waals surface area contributed by atoms with Crippen LogP contribution >= 0.6 is 23.2 Å². The Balaban J connectivity index is 2.42. The van der Waals surface area contributed by atoms with E-state index in [0.717, 1.165) is 0 Å². The van der Waals surface area contributed by atoms with Crippen LogP contribution in [-0.2, 0) is 11.3 Å². The average Bonchev–Trinajstić information content (AvgIpc) is 2.67. The van der Waals surface area contributed by atoms with Gasteiger partial charge >= 0.3 is 0 Å². The van der Waals surface area contributed by atoms with Crippen LogP contribution in [0.2, 0.25) is 10.0 Å². The van der Waals surface area contributed by atoms with Crippen molar-refractivity contribution in [2.75, 3.05) is 7.11 Å². The highest BCUT2D eigenvalue weighted by Gasteiger charge is 2.13. The maximum atomic E-state index is 6.05. The van der Waals surface area contributed by atoms with Crippen molar-refractivity contribution in [2.24, 2.45) is 0 Å². The summed E-state index contributed by atoms with van der Waals surface area (Å²) in [6.07, 6.45) is 0. The molecule has 0 fully saturated rings. The Bertz CT molecular complexity index is 476. The molecule has 0 unspecified atom stereocenters. The van der Waals surface area contributed by atoms with E-state index in [1.165, 1.54) is 0 Å². The molecular formula is C11H9Cl2NO2. The molecular weight excluding hydrogens is 249 g/mol. The maximum Gasteiger partial charge on any atom is 0.162 e. The zero-order chi connectivity index (χ0) is 11.5. The molecule has 0 atom stereocenters. The summed E-state index contributed by atoms with van der Waals surface area (Å²) in [5.41, 5.74) is 1.29. The molecule has 1 aromatic heterocycles. The molecule has 0 bridgehead atoms. The van der Waals surface area contributed by atoms with Crippen molar-refractivity contribution in [3.05, 3.63) is 40.1 Å². The van der Waals surface area contributed by atoms with E-state index in [1.807, 2.05) is 0 Å². The van der Waals surface area contributed by atoms with E-state index in [0.29, 0.717) is 33.7 Å². The summed E-state index contributed by atoms with van der Waals surface area (Å²) >= 11 is 12.1. The molecule has 2 aromatic rings. The van der Waals surface area contributed by atoms with Crippen LogP contribution in [0.3, 0.4) is 0 Å². The van der Waals surface area contributed by atoms with E-state index >= 15 is 0 Å². The minimum Gasteiger partial charge on any atom is -0.377 e. The van der Waals surface area contributed by atoms with Gasteiger partial charge in [0.05, 0.1) is 10.0 Å². The Labute approximate surface area is 103 Å². The van der Waals surface area contributed by atoms with Gasteiger partial charge in [0.2, 0.25) is 0 Å². The lowest BCUT2D eigenvalue weighted by atomic mass is 10.1. The smallest absolute Gasteiger partial charge is 0.162 e. The Hall–Kier alpha value is -1.03. The molecule has 84 valence electrons. The molecule has 0 aliphatic rings. The minimum atomic E-state index is 0.370. The van der Waals surface area contributed by atoms with Gasteiger partial charge < -0.3 is 9.26 Å². The second-order valence-corrected chi connectivity index (χ2v) is 4.02. The van der Waals surface area contributed by atoms with E-state index in [4.69, 9.17) is 32.5 Å². The molecule has 0 N–H and O–H groups in total. The second kappa shape index (κ2) is 4.87. The molecule has 1 aromatic carbocycles. The first-order chi connectivity index (χ1) is 7.72. The van der Waals surface area contributed by atoms with Crippen molar-refractivity contribution in [2.45, 2.75) is 6.61 Å². The SMILES string of the molecule is COCc1cc(-c2c(Cl)cccc2Cl)no1. The summed E-state index contributed by atoms with van der Waals surface area (Å²) in [7, 11) is 1.59. The van der Waals surface area contributed by atoms with Gasteiger partial charge in [0.1, 0.15) is 12.3 Å². The van der Waals surface area contributed by atoms with Crippen molar-refractivity contribution in [1.29, 1.82) is 0 Å². The third-order valence-electron chi connectivity index (χ3n) is 2.06. The van der Waals surface area contributed by atoms with Gasteiger partial charge in [0.15, 0.2) is 5.76 Å². The normalized spacial score (nSPS) is 10.7. The lowest BCUT2D eigenvalue weighted by molar-refractivity contribution is 0.156. The number of aromatic nitrogens is 1. The van der Waals surface area contributed by atoms with E-state index in [2.05, 4.69) is 5.16 Å². The molecule has 0 spiro atoms. The van der Waals surface area contributed by atoms with Gasteiger partial charge in [-0.1, -0.05) is 34.4 Å². The Kier molecular flexibility index (Phi) is 3.49. The minimum absolute atomic E-state index is 0.370. The number of rotatable bonds is 3. The predicted octanol–water partition coefficient (Wildman–Crippen LogP) is 3.79. The van der Waals surface area contributed by atoms with Crippen LogP contribution in [0.4, 0.5) is 0 Å². The van der Waals surface area contributed by atoms with Crippen molar-refractivity contribution in [1.82, 2.24) is 5.16 Å². The quantitative estimate of drug-likeness (QED) is 0.839. The summed E-state index contributed by atoms with van der Waals surface area (Å²) in [4.78, 5) is 0. The first kappa shape index (κ1) is 11.5. The maximum absolute atomic E-state index is 6.05. The molecule has 1 heterocycles. The fraction of sp³-hybridized carbons (Fsp3) is 0.182. The number of benzene rings is 1. The molecule has 0 saturated carbocycles. The standard InChI is InChI=1S/C11H9Cl2NO2/c1-15-6-7-5-10(14-16-7)11-8(12)3-2-4-9(11)13/h2-5H,6H2,1H3. The number of halogens is 2. The van der Waals surface area contributed by atoms with E-state index in [9.17, 15) is 0 Å². The van der Waals surface area contributed by atoms with E-state index in [1.54, 1.807) is 31.4 Å². The Morgan fingerprint density at radius 3 is 2.62 bits per heavy atom. The van der Waals surface area contributed by atoms with Gasteiger partial charge in [0, 0.05) is 18.7 Å². The number of methoxy groups -OCH3 is 1. The third kappa shape index (κ3) is 2.21. The van der Waals surface area contributed by atoms with Crippen LogP contribution in [0.25, 0.3) is 11.3 Å². The van der Waals surface area contributed by atoms with Crippen LogP contribution in [-0.4, -0.2) is 12.3 Å². The van der Waals surface area contributed by atoms with Crippen LogP contribution in [0.1, 0.15) is 5.76 Å². The third-order valence-corrected chi connectivity index (χ3v) is 2.69. The Morgan fingerprint density at radius 2 is 2.00 bits per heavy atom. The van der Waals surface area contributed by atoms with Gasteiger partial charge in [-0.15, -0.1) is 0 Å². The van der Waals surface area contributed by atoms with Gasteiger partial charge in [-0.2, -0.15) is 0 Å². The molecule has 16 heavy (non-hydrogen) atoms. The largest absolute Gasteiger partial charge is 0.377 e. The fourth-order valence-electron chi connectivity index (χ4n) is 1.38. The van der Waals surface area contributed by atoms with Crippen molar-refractivity contribution in [3.63, 3.8) is 0 Å². The van der Waals surface area contributed by atoms with Gasteiger partial charge in [0.25, 0.3) is 0 Å². The average molecular weight is 258 g/mol. The molecule has 0 aliphatic carbocycles. The molecule has 0 aliphatic heterocycles. The van der Waals surface area contributed by atoms with E-state index in [-0.39, 0.29) is 0 Å². The second-order valence-electron chi connectivity index (χ2n) is 3.21. The molecule has 3 nitrogen and oxygen atoms in total. The Morgan fingerprint density at radius 1 is 1.31 bits per heavy atom. The summed E-state index contributed by atoms with van der Waals surface area (Å²) in [6.45, 7) is 0.370. The monoisotopic (exact) mass is 257 g/mol. The number of hydrogen-bond donors (Lipinski definition) is 0. The van der Waals surface area contributed by atoms with Crippen molar-refractivity contribution >= 4 is 23.2 Å². The number of hydrogen-bond acceptors (Lipinski definition) is 3. The first-order valence-corrected chi connectivity index (χ1v) is 5.37. The first-order valence-electron chi connectivity index (χ1n) is 4.61. The fourth-order valence-corrected chi connectivity index (χ4v) is 1.97. The molecule has 5 heteroatoms. The number of ether oxygens (including phenoxy) is 1. The molecule has 0 radical (unpaired) electrons. The van der Waals surface area contributed by atoms with Gasteiger partial charge in [-0.25, -0.2) is 0 Å². The van der Waals surface area contributed by atoms with Gasteiger partial charge in [-0.3, -0.25) is 0 Å². The highest BCUT2D eigenvalue weighted by molar-refractivity contribution is 6.39. The number of nitrogens with zero attached hydrogens (tertiary/aromatic N) is 1. The highest BCUT2D eigenvalue weighted by Crippen LogP contribution is 2.33. The zero-order valence-electron chi connectivity index (χ0n) is 8.54. The van der Waals surface area contributed by atoms with Crippen LogP contribution < -0.4 is 0 Å². The molecule has 0 saturated heterocycles. The zero-order valence-corrected chi connectivity index (χ0v) is 10.0. The molecule has 0 amide bonds. The molecule has 2 rings (SSSR count). The van der Waals surface area contributed by atoms with Crippen molar-refractivity contribution in [3.8, 4) is 11.3 Å². The van der Waals surface area contributed by atoms with Crippen LogP contribution in [0.5, 0.6) is 0 Å².